The van der Waals surface area contributed by atoms with E-state index in [0.717, 1.165) is 22.5 Å². The predicted octanol–water partition coefficient (Wildman–Crippen LogP) is 4.92. The number of benzene rings is 2. The van der Waals surface area contributed by atoms with E-state index in [4.69, 9.17) is 8.83 Å². The van der Waals surface area contributed by atoms with Crippen molar-refractivity contribution in [1.29, 1.82) is 0 Å². The average molecular weight is 523 g/mol. The zero-order valence-electron chi connectivity index (χ0n) is 14.3. The van der Waals surface area contributed by atoms with Crippen molar-refractivity contribution in [2.24, 2.45) is 0 Å². The molecule has 0 aliphatic heterocycles. The first-order valence-electron chi connectivity index (χ1n) is 8.01. The van der Waals surface area contributed by atoms with Gasteiger partial charge in [0.2, 0.25) is 0 Å². The number of oxazole rings is 2. The molecule has 0 aliphatic rings. The summed E-state index contributed by atoms with van der Waals surface area (Å²) < 4.78 is 11.4. The Bertz CT molecular complexity index is 896. The van der Waals surface area contributed by atoms with Gasteiger partial charge in [0.25, 0.3) is 0 Å². The van der Waals surface area contributed by atoms with Crippen molar-refractivity contribution in [2.45, 2.75) is 19.3 Å². The molecular weight excluding hydrogens is 507 g/mol. The SMILES string of the molecule is CC(C)(c1nc(-c2[c-]cccc2)co1)c1nc(-c2[c-]cccc2)co1.[Pt+2]. The zero-order valence-corrected chi connectivity index (χ0v) is 16.6. The fourth-order valence-electron chi connectivity index (χ4n) is 2.57. The van der Waals surface area contributed by atoms with Crippen molar-refractivity contribution in [3.8, 4) is 22.5 Å². The number of nitrogens with zero attached hydrogens (tertiary/aromatic N) is 2. The molecule has 0 saturated heterocycles. The Morgan fingerprint density at radius 2 is 1.23 bits per heavy atom. The molecule has 0 saturated carbocycles. The van der Waals surface area contributed by atoms with E-state index < -0.39 is 5.41 Å². The second-order valence-corrected chi connectivity index (χ2v) is 6.25. The van der Waals surface area contributed by atoms with E-state index in [1.54, 1.807) is 12.5 Å². The summed E-state index contributed by atoms with van der Waals surface area (Å²) >= 11 is 0. The van der Waals surface area contributed by atoms with Crippen LogP contribution in [0.3, 0.4) is 0 Å². The first kappa shape index (κ1) is 18.3. The van der Waals surface area contributed by atoms with Crippen LogP contribution in [0.4, 0.5) is 0 Å². The van der Waals surface area contributed by atoms with Crippen molar-refractivity contribution in [3.63, 3.8) is 0 Å². The molecule has 0 unspecified atom stereocenters. The summed E-state index contributed by atoms with van der Waals surface area (Å²) in [4.78, 5) is 9.21. The third-order valence-corrected chi connectivity index (χ3v) is 4.05. The largest absolute Gasteiger partial charge is 2.00 e. The fraction of sp³-hybridized carbons (Fsp3) is 0.143. The van der Waals surface area contributed by atoms with Crippen LogP contribution in [-0.2, 0) is 26.5 Å². The van der Waals surface area contributed by atoms with Gasteiger partial charge in [0, 0.05) is 11.4 Å². The molecule has 0 atom stereocenters. The Hall–Kier alpha value is -2.45. The van der Waals surface area contributed by atoms with Gasteiger partial charge in [-0.05, 0) is 13.8 Å². The van der Waals surface area contributed by atoms with E-state index in [2.05, 4.69) is 22.1 Å². The van der Waals surface area contributed by atoms with Crippen molar-refractivity contribution in [3.05, 3.63) is 85.0 Å². The van der Waals surface area contributed by atoms with Gasteiger partial charge in [-0.15, -0.1) is 71.8 Å². The number of hydrogen-bond acceptors (Lipinski definition) is 4. The minimum atomic E-state index is -0.597. The van der Waals surface area contributed by atoms with Crippen molar-refractivity contribution in [1.82, 2.24) is 9.97 Å². The molecule has 0 radical (unpaired) electrons. The van der Waals surface area contributed by atoms with Gasteiger partial charge < -0.3 is 8.83 Å². The first-order valence-corrected chi connectivity index (χ1v) is 8.01. The van der Waals surface area contributed by atoms with Crippen LogP contribution in [0.5, 0.6) is 0 Å². The van der Waals surface area contributed by atoms with Crippen LogP contribution in [0.2, 0.25) is 0 Å². The van der Waals surface area contributed by atoms with Gasteiger partial charge in [-0.1, -0.05) is 0 Å². The monoisotopic (exact) mass is 523 g/mol. The van der Waals surface area contributed by atoms with Crippen LogP contribution < -0.4 is 0 Å². The summed E-state index contributed by atoms with van der Waals surface area (Å²) in [5.74, 6) is 1.09. The molecule has 4 aromatic rings. The summed E-state index contributed by atoms with van der Waals surface area (Å²) in [6, 6.07) is 21.6. The predicted molar refractivity (Wildman–Crippen MR) is 93.7 cm³/mol. The molecule has 5 heteroatoms. The van der Waals surface area contributed by atoms with Crippen molar-refractivity contribution in [2.75, 3.05) is 0 Å². The number of aromatic nitrogens is 2. The maximum Gasteiger partial charge on any atom is 2.00 e. The molecule has 0 fully saturated rings. The van der Waals surface area contributed by atoms with Gasteiger partial charge in [0.1, 0.15) is 5.41 Å². The summed E-state index contributed by atoms with van der Waals surface area (Å²) in [7, 11) is 0. The van der Waals surface area contributed by atoms with Gasteiger partial charge in [0.15, 0.2) is 11.8 Å². The Labute approximate surface area is 166 Å². The molecule has 2 aromatic heterocycles. The van der Waals surface area contributed by atoms with Crippen LogP contribution in [0, 0.1) is 12.1 Å². The normalized spacial score (nSPS) is 11.2. The molecule has 0 aliphatic carbocycles. The van der Waals surface area contributed by atoms with E-state index in [-0.39, 0.29) is 21.1 Å². The average Bonchev–Trinajstić information content (AvgIpc) is 3.34. The number of rotatable bonds is 4. The fourth-order valence-corrected chi connectivity index (χ4v) is 2.57. The van der Waals surface area contributed by atoms with Gasteiger partial charge in [-0.25, -0.2) is 0 Å². The topological polar surface area (TPSA) is 52.1 Å². The summed E-state index contributed by atoms with van der Waals surface area (Å²) in [5.41, 5.74) is 2.67. The molecular formula is C21H16N2O2Pt. The minimum absolute atomic E-state index is 0. The van der Waals surface area contributed by atoms with Crippen LogP contribution >= 0.6 is 0 Å². The van der Waals surface area contributed by atoms with Crippen LogP contribution in [0.15, 0.2) is 69.9 Å². The standard InChI is InChI=1S/C21H16N2O2.Pt/c1-21(2,19-22-17(13-24-19)15-9-5-3-6-10-15)20-23-18(14-25-20)16-11-7-4-8-12-16;/h3-9,11,13-14H,1-2H3;/q-2;+2. The van der Waals surface area contributed by atoms with E-state index in [1.165, 1.54) is 0 Å². The molecule has 2 heterocycles. The second-order valence-electron chi connectivity index (χ2n) is 6.25. The first-order chi connectivity index (χ1) is 12.1. The van der Waals surface area contributed by atoms with E-state index >= 15 is 0 Å². The zero-order chi connectivity index (χ0) is 17.3. The second kappa shape index (κ2) is 7.43. The Kier molecular flexibility index (Phi) is 5.24. The van der Waals surface area contributed by atoms with Crippen LogP contribution in [-0.4, -0.2) is 9.97 Å². The van der Waals surface area contributed by atoms with E-state index in [9.17, 15) is 0 Å². The van der Waals surface area contributed by atoms with Crippen LogP contribution in [0.1, 0.15) is 25.6 Å². The summed E-state index contributed by atoms with van der Waals surface area (Å²) in [6.45, 7) is 3.95. The maximum atomic E-state index is 5.71. The summed E-state index contributed by atoms with van der Waals surface area (Å²) in [6.07, 6.45) is 3.27. The van der Waals surface area contributed by atoms with Crippen LogP contribution in [0.25, 0.3) is 22.5 Å². The Morgan fingerprint density at radius 3 is 1.62 bits per heavy atom. The Morgan fingerprint density at radius 1 is 0.769 bits per heavy atom. The van der Waals surface area contributed by atoms with Gasteiger partial charge >= 0.3 is 21.1 Å². The smallest absolute Gasteiger partial charge is 0.458 e. The summed E-state index contributed by atoms with van der Waals surface area (Å²) in [5, 5.41) is 0. The molecule has 132 valence electrons. The number of hydrogen-bond donors (Lipinski definition) is 0. The molecule has 0 N–H and O–H groups in total. The van der Waals surface area contributed by atoms with Crippen molar-refractivity contribution >= 4 is 0 Å². The van der Waals surface area contributed by atoms with Crippen molar-refractivity contribution < 1.29 is 29.9 Å². The third-order valence-electron chi connectivity index (χ3n) is 4.05. The van der Waals surface area contributed by atoms with Gasteiger partial charge in [-0.3, -0.25) is 9.97 Å². The molecule has 0 spiro atoms. The van der Waals surface area contributed by atoms with E-state index in [1.807, 2.05) is 62.4 Å². The Balaban J connectivity index is 0.00000196. The van der Waals surface area contributed by atoms with E-state index in [0.29, 0.717) is 11.8 Å². The molecule has 4 rings (SSSR count). The molecule has 0 amide bonds. The quantitative estimate of drug-likeness (QED) is 0.357. The van der Waals surface area contributed by atoms with Gasteiger partial charge in [-0.2, -0.15) is 0 Å². The van der Waals surface area contributed by atoms with Gasteiger partial charge in [0.05, 0.1) is 12.5 Å². The molecule has 26 heavy (non-hydrogen) atoms. The molecule has 2 aromatic carbocycles. The maximum absolute atomic E-state index is 5.71. The molecule has 4 nitrogen and oxygen atoms in total. The minimum Gasteiger partial charge on any atom is -0.458 e. The third kappa shape index (κ3) is 3.42. The molecule has 0 bridgehead atoms.